The summed E-state index contributed by atoms with van der Waals surface area (Å²) in [6.07, 6.45) is 11.6. The van der Waals surface area contributed by atoms with Crippen LogP contribution in [-0.2, 0) is 4.74 Å². The molecule has 2 rings (SSSR count). The van der Waals surface area contributed by atoms with E-state index in [0.29, 0.717) is 5.41 Å². The van der Waals surface area contributed by atoms with Crippen LogP contribution in [0.1, 0.15) is 57.8 Å². The fourth-order valence-electron chi connectivity index (χ4n) is 3.21. The van der Waals surface area contributed by atoms with Gasteiger partial charge in [0.05, 0.1) is 0 Å². The normalized spacial score (nSPS) is 25.0. The Balaban J connectivity index is 1.58. The highest BCUT2D eigenvalue weighted by Crippen LogP contribution is 2.48. The Morgan fingerprint density at radius 2 is 1.78 bits per heavy atom. The van der Waals surface area contributed by atoms with Crippen LogP contribution in [0.3, 0.4) is 0 Å². The highest BCUT2D eigenvalue weighted by Gasteiger charge is 2.41. The molecule has 106 valence electrons. The van der Waals surface area contributed by atoms with Crippen molar-refractivity contribution in [3.05, 3.63) is 0 Å². The van der Waals surface area contributed by atoms with Gasteiger partial charge in [-0.2, -0.15) is 0 Å². The molecular formula is C15H30N2O. The van der Waals surface area contributed by atoms with E-state index in [9.17, 15) is 0 Å². The molecule has 0 aromatic heterocycles. The summed E-state index contributed by atoms with van der Waals surface area (Å²) in [5, 5.41) is 3.63. The molecule has 2 aliphatic carbocycles. The predicted molar refractivity (Wildman–Crippen MR) is 75.7 cm³/mol. The second-order valence-corrected chi connectivity index (χ2v) is 6.59. The number of nitrogens with two attached hydrogens (primary N) is 1. The van der Waals surface area contributed by atoms with Crippen molar-refractivity contribution in [3.8, 4) is 0 Å². The lowest BCUT2D eigenvalue weighted by atomic mass is 9.80. The predicted octanol–water partition coefficient (Wildman–Crippen LogP) is 2.44. The van der Waals surface area contributed by atoms with Gasteiger partial charge in [0, 0.05) is 25.8 Å². The molecule has 0 heterocycles. The van der Waals surface area contributed by atoms with Gasteiger partial charge in [0.15, 0.2) is 0 Å². The smallest absolute Gasteiger partial charge is 0.0468 e. The highest BCUT2D eigenvalue weighted by atomic mass is 16.5. The molecule has 0 amide bonds. The van der Waals surface area contributed by atoms with Gasteiger partial charge in [0.1, 0.15) is 0 Å². The van der Waals surface area contributed by atoms with E-state index in [0.717, 1.165) is 26.1 Å². The maximum Gasteiger partial charge on any atom is 0.0468 e. The van der Waals surface area contributed by atoms with Crippen LogP contribution in [-0.4, -0.2) is 32.3 Å². The summed E-state index contributed by atoms with van der Waals surface area (Å²) in [6, 6.07) is 0. The zero-order valence-electron chi connectivity index (χ0n) is 12.0. The summed E-state index contributed by atoms with van der Waals surface area (Å²) < 4.78 is 5.19. The average molecular weight is 254 g/mol. The van der Waals surface area contributed by atoms with Crippen LogP contribution in [0.15, 0.2) is 0 Å². The average Bonchev–Trinajstić information content (AvgIpc) is 3.14. The minimum Gasteiger partial charge on any atom is -0.385 e. The van der Waals surface area contributed by atoms with Crippen molar-refractivity contribution in [3.63, 3.8) is 0 Å². The fourth-order valence-corrected chi connectivity index (χ4v) is 3.21. The lowest BCUT2D eigenvalue weighted by Gasteiger charge is -2.33. The van der Waals surface area contributed by atoms with Crippen LogP contribution in [0.5, 0.6) is 0 Å². The summed E-state index contributed by atoms with van der Waals surface area (Å²) in [5.74, 6) is 0. The third-order valence-electron chi connectivity index (χ3n) is 4.94. The lowest BCUT2D eigenvalue weighted by Crippen LogP contribution is -2.44. The van der Waals surface area contributed by atoms with Crippen LogP contribution < -0.4 is 11.1 Å². The molecule has 0 aromatic rings. The van der Waals surface area contributed by atoms with E-state index in [2.05, 4.69) is 5.32 Å². The zero-order valence-corrected chi connectivity index (χ0v) is 12.0. The van der Waals surface area contributed by atoms with Gasteiger partial charge in [0.2, 0.25) is 0 Å². The molecule has 0 atom stereocenters. The Morgan fingerprint density at radius 1 is 1.06 bits per heavy atom. The first kappa shape index (κ1) is 14.3. The molecule has 3 N–H and O–H groups in total. The molecule has 18 heavy (non-hydrogen) atoms. The number of hydrogen-bond acceptors (Lipinski definition) is 3. The molecule has 2 saturated carbocycles. The molecule has 3 nitrogen and oxygen atoms in total. The molecule has 0 unspecified atom stereocenters. The van der Waals surface area contributed by atoms with Crippen LogP contribution in [0, 0.1) is 5.41 Å². The number of methoxy groups -OCH3 is 1. The summed E-state index contributed by atoms with van der Waals surface area (Å²) in [6.45, 7) is 3.15. The summed E-state index contributed by atoms with van der Waals surface area (Å²) in [7, 11) is 1.80. The van der Waals surface area contributed by atoms with Gasteiger partial charge in [-0.05, 0) is 50.5 Å². The molecule has 0 bridgehead atoms. The zero-order chi connectivity index (χ0) is 12.9. The second kappa shape index (κ2) is 6.36. The third kappa shape index (κ3) is 4.22. The number of nitrogens with one attached hydrogen (secondary N) is 1. The van der Waals surface area contributed by atoms with Gasteiger partial charge in [-0.25, -0.2) is 0 Å². The van der Waals surface area contributed by atoms with Crippen molar-refractivity contribution >= 4 is 0 Å². The first-order valence-corrected chi connectivity index (χ1v) is 7.67. The van der Waals surface area contributed by atoms with Crippen LogP contribution >= 0.6 is 0 Å². The lowest BCUT2D eigenvalue weighted by molar-refractivity contribution is 0.170. The van der Waals surface area contributed by atoms with Gasteiger partial charge in [0.25, 0.3) is 0 Å². The molecule has 2 aliphatic rings. The molecule has 3 heteroatoms. The monoisotopic (exact) mass is 254 g/mol. The van der Waals surface area contributed by atoms with Gasteiger partial charge in [-0.3, -0.25) is 0 Å². The number of ether oxygens (including phenoxy) is 1. The van der Waals surface area contributed by atoms with Gasteiger partial charge in [-0.1, -0.05) is 19.3 Å². The van der Waals surface area contributed by atoms with Crippen molar-refractivity contribution in [2.45, 2.75) is 63.3 Å². The first-order chi connectivity index (χ1) is 8.68. The SMILES string of the molecule is COCCC1(CNCCC2(N)CCCCC2)CC1. The van der Waals surface area contributed by atoms with Crippen molar-refractivity contribution in [1.82, 2.24) is 5.32 Å². The number of rotatable bonds is 8. The summed E-state index contributed by atoms with van der Waals surface area (Å²) >= 11 is 0. The van der Waals surface area contributed by atoms with Gasteiger partial charge < -0.3 is 15.8 Å². The molecular weight excluding hydrogens is 224 g/mol. The third-order valence-corrected chi connectivity index (χ3v) is 4.94. The van der Waals surface area contributed by atoms with E-state index in [1.54, 1.807) is 7.11 Å². The Kier molecular flexibility index (Phi) is 5.05. The van der Waals surface area contributed by atoms with Crippen LogP contribution in [0.2, 0.25) is 0 Å². The van der Waals surface area contributed by atoms with Gasteiger partial charge in [-0.15, -0.1) is 0 Å². The van der Waals surface area contributed by atoms with E-state index in [-0.39, 0.29) is 5.54 Å². The fraction of sp³-hybridized carbons (Fsp3) is 1.00. The topological polar surface area (TPSA) is 47.3 Å². The molecule has 0 spiro atoms. The highest BCUT2D eigenvalue weighted by molar-refractivity contribution is 4.95. The first-order valence-electron chi connectivity index (χ1n) is 7.67. The van der Waals surface area contributed by atoms with Crippen LogP contribution in [0.25, 0.3) is 0 Å². The van der Waals surface area contributed by atoms with Crippen LogP contribution in [0.4, 0.5) is 0 Å². The maximum absolute atomic E-state index is 6.44. The number of hydrogen-bond donors (Lipinski definition) is 2. The Morgan fingerprint density at radius 3 is 2.39 bits per heavy atom. The quantitative estimate of drug-likeness (QED) is 0.654. The largest absolute Gasteiger partial charge is 0.385 e. The molecule has 0 radical (unpaired) electrons. The molecule has 2 fully saturated rings. The maximum atomic E-state index is 6.44. The summed E-state index contributed by atoms with van der Waals surface area (Å²) in [5.41, 5.74) is 7.14. The molecule has 0 aliphatic heterocycles. The van der Waals surface area contributed by atoms with Gasteiger partial charge >= 0.3 is 0 Å². The summed E-state index contributed by atoms with van der Waals surface area (Å²) in [4.78, 5) is 0. The molecule has 0 aromatic carbocycles. The Bertz CT molecular complexity index is 245. The van der Waals surface area contributed by atoms with Crippen molar-refractivity contribution in [2.75, 3.05) is 26.8 Å². The molecule has 0 saturated heterocycles. The minimum atomic E-state index is 0.133. The van der Waals surface area contributed by atoms with E-state index in [1.165, 1.54) is 51.4 Å². The van der Waals surface area contributed by atoms with E-state index in [4.69, 9.17) is 10.5 Å². The Labute approximate surface area is 112 Å². The van der Waals surface area contributed by atoms with Crippen molar-refractivity contribution in [2.24, 2.45) is 11.1 Å². The van der Waals surface area contributed by atoms with Crippen molar-refractivity contribution < 1.29 is 4.74 Å². The van der Waals surface area contributed by atoms with Crippen molar-refractivity contribution in [1.29, 1.82) is 0 Å². The van der Waals surface area contributed by atoms with E-state index in [1.807, 2.05) is 0 Å². The minimum absolute atomic E-state index is 0.133. The Hall–Kier alpha value is -0.120. The second-order valence-electron chi connectivity index (χ2n) is 6.59. The van der Waals surface area contributed by atoms with E-state index >= 15 is 0 Å². The van der Waals surface area contributed by atoms with E-state index < -0.39 is 0 Å². The standard InChI is InChI=1S/C15H30N2O/c1-18-12-10-14(7-8-14)13-17-11-9-15(16)5-3-2-4-6-15/h17H,2-13,16H2,1H3.